The number of aryl methyl sites for hydroxylation is 2. The fraction of sp³-hybridized carbons (Fsp3) is 0.440. The molecule has 2 N–H and O–H groups in total. The fourth-order valence-corrected chi connectivity index (χ4v) is 7.06. The first-order valence-electron chi connectivity index (χ1n) is 11.4. The van der Waals surface area contributed by atoms with Gasteiger partial charge >= 0.3 is 0 Å². The molecule has 2 aliphatic heterocycles. The summed E-state index contributed by atoms with van der Waals surface area (Å²) in [5.41, 5.74) is 4.25. The molecule has 1 saturated heterocycles. The number of fused-ring (bicyclic) bond motifs is 4. The number of nitrogens with one attached hydrogen (secondary N) is 1. The van der Waals surface area contributed by atoms with Crippen LogP contribution >= 0.6 is 0 Å². The van der Waals surface area contributed by atoms with E-state index in [9.17, 15) is 13.5 Å². The molecule has 176 valence electrons. The van der Waals surface area contributed by atoms with Crippen molar-refractivity contribution in [1.82, 2.24) is 14.2 Å². The van der Waals surface area contributed by atoms with Gasteiger partial charge < -0.3 is 19.7 Å². The van der Waals surface area contributed by atoms with E-state index in [0.29, 0.717) is 18.0 Å². The highest BCUT2D eigenvalue weighted by Gasteiger charge is 2.46. The van der Waals surface area contributed by atoms with E-state index in [4.69, 9.17) is 4.74 Å². The number of piperidine rings is 1. The number of methoxy groups -OCH3 is 1. The van der Waals surface area contributed by atoms with Gasteiger partial charge in [-0.1, -0.05) is 17.7 Å². The molecule has 8 heteroatoms. The fourth-order valence-electron chi connectivity index (χ4n) is 5.62. The van der Waals surface area contributed by atoms with E-state index in [-0.39, 0.29) is 18.1 Å². The number of sulfonamides is 1. The molecule has 7 nitrogen and oxygen atoms in total. The molecule has 1 aromatic heterocycles. The first-order valence-corrected chi connectivity index (χ1v) is 12.8. The summed E-state index contributed by atoms with van der Waals surface area (Å²) in [4.78, 5) is 0.351. The maximum absolute atomic E-state index is 13.3. The van der Waals surface area contributed by atoms with Crippen molar-refractivity contribution in [3.63, 3.8) is 0 Å². The first-order chi connectivity index (χ1) is 15.8. The third-order valence-electron chi connectivity index (χ3n) is 7.52. The van der Waals surface area contributed by atoms with Gasteiger partial charge in [0.15, 0.2) is 0 Å². The van der Waals surface area contributed by atoms with Gasteiger partial charge in [0.25, 0.3) is 0 Å². The molecular formula is C25H31N3O4S. The highest BCUT2D eigenvalue weighted by atomic mass is 32.2. The number of aromatic nitrogens is 1. The molecule has 33 heavy (non-hydrogen) atoms. The van der Waals surface area contributed by atoms with Gasteiger partial charge in [-0.3, -0.25) is 0 Å². The Labute approximate surface area is 195 Å². The van der Waals surface area contributed by atoms with Crippen LogP contribution in [0.3, 0.4) is 0 Å². The summed E-state index contributed by atoms with van der Waals surface area (Å²) in [6.07, 6.45) is 1.45. The van der Waals surface area contributed by atoms with Crippen molar-refractivity contribution in [3.8, 4) is 5.75 Å². The number of aliphatic hydroxyl groups is 1. The van der Waals surface area contributed by atoms with Crippen LogP contribution in [0.5, 0.6) is 5.75 Å². The van der Waals surface area contributed by atoms with E-state index >= 15 is 0 Å². The molecular weight excluding hydrogens is 438 g/mol. The minimum atomic E-state index is -3.52. The molecule has 1 spiro atoms. The van der Waals surface area contributed by atoms with Crippen LogP contribution in [0.25, 0.3) is 10.9 Å². The molecule has 0 unspecified atom stereocenters. The Morgan fingerprint density at radius 2 is 1.85 bits per heavy atom. The summed E-state index contributed by atoms with van der Waals surface area (Å²) in [5.74, 6) is 0.794. The smallest absolute Gasteiger partial charge is 0.243 e. The monoisotopic (exact) mass is 469 g/mol. The Hall–Kier alpha value is -2.39. The maximum atomic E-state index is 13.3. The van der Waals surface area contributed by atoms with Gasteiger partial charge in [-0.15, -0.1) is 0 Å². The van der Waals surface area contributed by atoms with Gasteiger partial charge in [0.05, 0.1) is 30.2 Å². The number of ether oxygens (including phenoxy) is 1. The van der Waals surface area contributed by atoms with E-state index < -0.39 is 10.0 Å². The predicted molar refractivity (Wildman–Crippen MR) is 128 cm³/mol. The number of benzene rings is 2. The van der Waals surface area contributed by atoms with Crippen molar-refractivity contribution in [2.75, 3.05) is 33.4 Å². The molecule has 3 aromatic rings. The van der Waals surface area contributed by atoms with Crippen LogP contribution in [-0.2, 0) is 22.5 Å². The third kappa shape index (κ3) is 3.47. The van der Waals surface area contributed by atoms with Gasteiger partial charge in [-0.2, -0.15) is 4.31 Å². The van der Waals surface area contributed by atoms with E-state index in [1.165, 1.54) is 5.56 Å². The molecule has 1 atom stereocenters. The topological polar surface area (TPSA) is 83.8 Å². The predicted octanol–water partition coefficient (Wildman–Crippen LogP) is 2.85. The second-order valence-corrected chi connectivity index (χ2v) is 11.3. The lowest BCUT2D eigenvalue weighted by Crippen LogP contribution is -2.53. The molecule has 0 amide bonds. The lowest BCUT2D eigenvalue weighted by Gasteiger charge is -2.46. The quantitative estimate of drug-likeness (QED) is 0.614. The Kier molecular flexibility index (Phi) is 5.52. The molecule has 2 aliphatic rings. The number of nitrogens with zero attached hydrogens (tertiary/aromatic N) is 2. The van der Waals surface area contributed by atoms with Crippen LogP contribution in [0.2, 0.25) is 0 Å². The van der Waals surface area contributed by atoms with E-state index in [1.54, 1.807) is 23.5 Å². The van der Waals surface area contributed by atoms with Crippen molar-refractivity contribution in [2.24, 2.45) is 7.05 Å². The Morgan fingerprint density at radius 3 is 2.48 bits per heavy atom. The summed E-state index contributed by atoms with van der Waals surface area (Å²) < 4.78 is 35.7. The van der Waals surface area contributed by atoms with Crippen molar-refractivity contribution < 1.29 is 18.3 Å². The minimum absolute atomic E-state index is 0.0122. The molecule has 1 fully saturated rings. The normalized spacial score (nSPS) is 20.8. The highest BCUT2D eigenvalue weighted by molar-refractivity contribution is 7.89. The Bertz CT molecular complexity index is 1290. The van der Waals surface area contributed by atoms with Crippen LogP contribution in [0.15, 0.2) is 47.4 Å². The molecule has 0 saturated carbocycles. The number of aliphatic hydroxyl groups excluding tert-OH is 1. The lowest BCUT2D eigenvalue weighted by atomic mass is 9.69. The van der Waals surface area contributed by atoms with Gasteiger partial charge in [0, 0.05) is 49.2 Å². The second kappa shape index (κ2) is 8.13. The molecule has 3 heterocycles. The van der Waals surface area contributed by atoms with E-state index in [1.807, 2.05) is 38.2 Å². The molecule has 0 radical (unpaired) electrons. The summed E-state index contributed by atoms with van der Waals surface area (Å²) in [5, 5.41) is 14.8. The van der Waals surface area contributed by atoms with Crippen molar-refractivity contribution in [1.29, 1.82) is 0 Å². The van der Waals surface area contributed by atoms with Gasteiger partial charge in [0.2, 0.25) is 10.0 Å². The Balaban J connectivity index is 1.53. The zero-order valence-corrected chi connectivity index (χ0v) is 20.2. The van der Waals surface area contributed by atoms with Crippen molar-refractivity contribution in [3.05, 3.63) is 59.3 Å². The van der Waals surface area contributed by atoms with Crippen molar-refractivity contribution >= 4 is 20.9 Å². The summed E-state index contributed by atoms with van der Waals surface area (Å²) in [7, 11) is 0.167. The first kappa shape index (κ1) is 22.4. The average Bonchev–Trinajstić information content (AvgIpc) is 3.13. The minimum Gasteiger partial charge on any atom is -0.497 e. The third-order valence-corrected chi connectivity index (χ3v) is 9.43. The second-order valence-electron chi connectivity index (χ2n) is 9.32. The summed E-state index contributed by atoms with van der Waals surface area (Å²) in [6.45, 7) is 3.61. The number of hydrogen-bond donors (Lipinski definition) is 2. The largest absolute Gasteiger partial charge is 0.497 e. The van der Waals surface area contributed by atoms with E-state index in [2.05, 4.69) is 16.0 Å². The molecule has 0 bridgehead atoms. The summed E-state index contributed by atoms with van der Waals surface area (Å²) in [6, 6.07) is 13.0. The van der Waals surface area contributed by atoms with Crippen LogP contribution in [0.1, 0.15) is 35.7 Å². The van der Waals surface area contributed by atoms with Gasteiger partial charge in [-0.05, 0) is 49.6 Å². The average molecular weight is 470 g/mol. The van der Waals surface area contributed by atoms with Gasteiger partial charge in [0.1, 0.15) is 5.75 Å². The van der Waals surface area contributed by atoms with Crippen molar-refractivity contribution in [2.45, 2.75) is 36.1 Å². The standard InChI is InChI=1S/C25H31N3O4S/c1-17-4-7-19(8-5-17)33(30,31)28-12-10-25(11-13-28)16-26-21(15-29)24-23(25)20-9-6-18(32-3)14-22(20)27(24)2/h4-9,14,21,26,29H,10-13,15-16H2,1-3H3/t21-/m0/s1. The number of hydrogen-bond acceptors (Lipinski definition) is 5. The lowest BCUT2D eigenvalue weighted by molar-refractivity contribution is 0.176. The maximum Gasteiger partial charge on any atom is 0.243 e. The van der Waals surface area contributed by atoms with Gasteiger partial charge in [-0.25, -0.2) is 8.42 Å². The number of rotatable bonds is 4. The van der Waals surface area contributed by atoms with Crippen LogP contribution < -0.4 is 10.1 Å². The molecule has 2 aromatic carbocycles. The van der Waals surface area contributed by atoms with Crippen LogP contribution in [-0.4, -0.2) is 55.7 Å². The Morgan fingerprint density at radius 1 is 1.15 bits per heavy atom. The van der Waals surface area contributed by atoms with E-state index in [0.717, 1.165) is 47.3 Å². The van der Waals surface area contributed by atoms with Crippen LogP contribution in [0.4, 0.5) is 0 Å². The summed E-state index contributed by atoms with van der Waals surface area (Å²) >= 11 is 0. The zero-order chi connectivity index (χ0) is 23.4. The highest BCUT2D eigenvalue weighted by Crippen LogP contribution is 2.47. The molecule has 5 rings (SSSR count). The molecule has 0 aliphatic carbocycles. The van der Waals surface area contributed by atoms with Crippen LogP contribution in [0, 0.1) is 6.92 Å². The zero-order valence-electron chi connectivity index (χ0n) is 19.3. The SMILES string of the molecule is COc1ccc2c3c(n(C)c2c1)[C@H](CO)NCC31CCN(S(=O)(=O)c2ccc(C)cc2)CC1.